The average Bonchev–Trinajstić information content (AvgIpc) is 2.43. The van der Waals surface area contributed by atoms with Crippen molar-refractivity contribution >= 4 is 27.3 Å². The van der Waals surface area contributed by atoms with Gasteiger partial charge in [-0.1, -0.05) is 17.7 Å². The normalized spacial score (nSPS) is 17.1. The van der Waals surface area contributed by atoms with Gasteiger partial charge in [0, 0.05) is 43.4 Å². The second-order valence-corrected chi connectivity index (χ2v) is 7.60. The average molecular weight is 332 g/mol. The molecule has 1 aromatic carbocycles. The lowest BCUT2D eigenvalue weighted by atomic mass is 10.2. The third kappa shape index (κ3) is 5.82. The third-order valence-electron chi connectivity index (χ3n) is 3.56. The van der Waals surface area contributed by atoms with Crippen LogP contribution in [0.4, 0.5) is 5.69 Å². The molecule has 0 amide bonds. The van der Waals surface area contributed by atoms with Crippen LogP contribution in [0.25, 0.3) is 0 Å². The molecule has 1 fully saturated rings. The molecule has 0 saturated carbocycles. The Hall–Kier alpha value is -0.820. The zero-order chi connectivity index (χ0) is 15.3. The minimum Gasteiger partial charge on any atom is -0.369 e. The van der Waals surface area contributed by atoms with Crippen molar-refractivity contribution in [3.8, 4) is 0 Å². The Kier molecular flexibility index (Phi) is 5.87. The minimum absolute atomic E-state index is 0.507. The van der Waals surface area contributed by atoms with E-state index in [9.17, 15) is 8.42 Å². The summed E-state index contributed by atoms with van der Waals surface area (Å²) in [7, 11) is -3.07. The molecule has 21 heavy (non-hydrogen) atoms. The summed E-state index contributed by atoms with van der Waals surface area (Å²) in [6, 6.07) is 7.93. The highest BCUT2D eigenvalue weighted by Crippen LogP contribution is 2.20. The second kappa shape index (κ2) is 7.45. The first-order valence-electron chi connectivity index (χ1n) is 7.11. The molecule has 7 heteroatoms. The van der Waals surface area contributed by atoms with Crippen molar-refractivity contribution in [3.05, 3.63) is 29.3 Å². The molecule has 2 rings (SSSR count). The van der Waals surface area contributed by atoms with Crippen molar-refractivity contribution < 1.29 is 8.42 Å². The van der Waals surface area contributed by atoms with Crippen molar-refractivity contribution in [2.75, 3.05) is 50.4 Å². The van der Waals surface area contributed by atoms with Crippen LogP contribution in [0.1, 0.15) is 6.42 Å². The Labute approximate surface area is 131 Å². The van der Waals surface area contributed by atoms with Crippen molar-refractivity contribution in [1.29, 1.82) is 0 Å². The zero-order valence-electron chi connectivity index (χ0n) is 12.3. The van der Waals surface area contributed by atoms with Crippen molar-refractivity contribution in [1.82, 2.24) is 9.62 Å². The summed E-state index contributed by atoms with van der Waals surface area (Å²) >= 11 is 6.02. The predicted octanol–water partition coefficient (Wildman–Crippen LogP) is 1.40. The van der Waals surface area contributed by atoms with Crippen LogP contribution in [-0.4, -0.2) is 58.8 Å². The summed E-state index contributed by atoms with van der Waals surface area (Å²) in [4.78, 5) is 4.70. The molecule has 1 heterocycles. The molecule has 0 atom stereocenters. The largest absolute Gasteiger partial charge is 0.369 e. The number of sulfonamides is 1. The van der Waals surface area contributed by atoms with Gasteiger partial charge in [-0.05, 0) is 31.2 Å². The van der Waals surface area contributed by atoms with Crippen molar-refractivity contribution in [2.24, 2.45) is 0 Å². The number of piperazine rings is 1. The van der Waals surface area contributed by atoms with Gasteiger partial charge in [0.05, 0.1) is 6.26 Å². The van der Waals surface area contributed by atoms with Gasteiger partial charge in [-0.25, -0.2) is 13.1 Å². The highest BCUT2D eigenvalue weighted by Gasteiger charge is 2.16. The molecule has 0 spiro atoms. The van der Waals surface area contributed by atoms with Crippen LogP contribution in [0.5, 0.6) is 0 Å². The number of anilines is 1. The number of benzene rings is 1. The van der Waals surface area contributed by atoms with Crippen LogP contribution < -0.4 is 9.62 Å². The van der Waals surface area contributed by atoms with Crippen LogP contribution >= 0.6 is 11.6 Å². The first-order chi connectivity index (χ1) is 9.94. The molecule has 5 nitrogen and oxygen atoms in total. The predicted molar refractivity (Wildman–Crippen MR) is 87.6 cm³/mol. The van der Waals surface area contributed by atoms with E-state index in [2.05, 4.69) is 20.6 Å². The third-order valence-corrected chi connectivity index (χ3v) is 4.52. The van der Waals surface area contributed by atoms with Crippen LogP contribution in [0, 0.1) is 0 Å². The quantitative estimate of drug-likeness (QED) is 0.801. The zero-order valence-corrected chi connectivity index (χ0v) is 13.8. The van der Waals surface area contributed by atoms with E-state index in [4.69, 9.17) is 11.6 Å². The molecule has 1 aliphatic rings. The van der Waals surface area contributed by atoms with Gasteiger partial charge in [0.25, 0.3) is 0 Å². The Balaban J connectivity index is 1.71. The van der Waals surface area contributed by atoms with E-state index < -0.39 is 10.0 Å². The number of rotatable bonds is 6. The van der Waals surface area contributed by atoms with Gasteiger partial charge >= 0.3 is 0 Å². The van der Waals surface area contributed by atoms with E-state index >= 15 is 0 Å². The van der Waals surface area contributed by atoms with Gasteiger partial charge < -0.3 is 4.90 Å². The first kappa shape index (κ1) is 16.5. The lowest BCUT2D eigenvalue weighted by molar-refractivity contribution is 0.255. The van der Waals surface area contributed by atoms with Gasteiger partial charge in [0.2, 0.25) is 10.0 Å². The van der Waals surface area contributed by atoms with Crippen molar-refractivity contribution in [2.45, 2.75) is 6.42 Å². The molecule has 0 unspecified atom stereocenters. The summed E-state index contributed by atoms with van der Waals surface area (Å²) < 4.78 is 24.5. The fourth-order valence-corrected chi connectivity index (χ4v) is 3.16. The van der Waals surface area contributed by atoms with Crippen LogP contribution in [0.2, 0.25) is 5.02 Å². The summed E-state index contributed by atoms with van der Waals surface area (Å²) in [5, 5.41) is 0.766. The Morgan fingerprint density at radius 1 is 1.24 bits per heavy atom. The number of nitrogens with one attached hydrogen (secondary N) is 1. The summed E-state index contributed by atoms with van der Waals surface area (Å²) in [5.41, 5.74) is 1.17. The fraction of sp³-hybridized carbons (Fsp3) is 0.571. The Morgan fingerprint density at radius 2 is 1.95 bits per heavy atom. The molecule has 0 aliphatic carbocycles. The van der Waals surface area contributed by atoms with E-state index in [-0.39, 0.29) is 0 Å². The molecule has 1 N–H and O–H groups in total. The van der Waals surface area contributed by atoms with Gasteiger partial charge in [-0.3, -0.25) is 4.90 Å². The highest BCUT2D eigenvalue weighted by atomic mass is 35.5. The minimum atomic E-state index is -3.07. The maximum atomic E-state index is 11.0. The van der Waals surface area contributed by atoms with Gasteiger partial charge in [0.1, 0.15) is 0 Å². The van der Waals surface area contributed by atoms with E-state index in [0.717, 1.165) is 44.2 Å². The fourth-order valence-electron chi connectivity index (χ4n) is 2.46. The summed E-state index contributed by atoms with van der Waals surface area (Å²) in [6.07, 6.45) is 2.03. The monoisotopic (exact) mass is 331 g/mol. The van der Waals surface area contributed by atoms with E-state index in [1.807, 2.05) is 18.2 Å². The maximum Gasteiger partial charge on any atom is 0.208 e. The number of hydrogen-bond donors (Lipinski definition) is 1. The van der Waals surface area contributed by atoms with E-state index in [1.54, 1.807) is 0 Å². The summed E-state index contributed by atoms with van der Waals surface area (Å²) in [6.45, 7) is 5.36. The molecule has 118 valence electrons. The second-order valence-electron chi connectivity index (χ2n) is 5.33. The van der Waals surface area contributed by atoms with E-state index in [0.29, 0.717) is 6.54 Å². The molecule has 1 aromatic rings. The van der Waals surface area contributed by atoms with Gasteiger partial charge in [-0.2, -0.15) is 0 Å². The Morgan fingerprint density at radius 3 is 2.57 bits per heavy atom. The Bertz CT molecular complexity index is 557. The maximum absolute atomic E-state index is 11.0. The van der Waals surface area contributed by atoms with Crippen LogP contribution in [-0.2, 0) is 10.0 Å². The number of halogens is 1. The lowest BCUT2D eigenvalue weighted by Gasteiger charge is -2.36. The summed E-state index contributed by atoms with van der Waals surface area (Å²) in [5.74, 6) is 0. The molecule has 0 bridgehead atoms. The highest BCUT2D eigenvalue weighted by molar-refractivity contribution is 7.88. The SMILES string of the molecule is CS(=O)(=O)NCCCN1CCN(c2cccc(Cl)c2)CC1. The standard InChI is InChI=1S/C14H22ClN3O2S/c1-21(19,20)16-6-3-7-17-8-10-18(11-9-17)14-5-2-4-13(15)12-14/h2,4-5,12,16H,3,6-11H2,1H3. The molecular weight excluding hydrogens is 310 g/mol. The van der Waals surface area contributed by atoms with E-state index in [1.165, 1.54) is 11.9 Å². The van der Waals surface area contributed by atoms with Gasteiger partial charge in [-0.15, -0.1) is 0 Å². The van der Waals surface area contributed by atoms with Gasteiger partial charge in [0.15, 0.2) is 0 Å². The smallest absolute Gasteiger partial charge is 0.208 e. The number of nitrogens with zero attached hydrogens (tertiary/aromatic N) is 2. The number of hydrogen-bond acceptors (Lipinski definition) is 4. The molecule has 1 saturated heterocycles. The lowest BCUT2D eigenvalue weighted by Crippen LogP contribution is -2.47. The first-order valence-corrected chi connectivity index (χ1v) is 9.38. The molecule has 1 aliphatic heterocycles. The van der Waals surface area contributed by atoms with Crippen LogP contribution in [0.15, 0.2) is 24.3 Å². The molecular formula is C14H22ClN3O2S. The topological polar surface area (TPSA) is 52.7 Å². The molecule has 0 aromatic heterocycles. The molecule has 0 radical (unpaired) electrons. The van der Waals surface area contributed by atoms with Crippen LogP contribution in [0.3, 0.4) is 0 Å². The van der Waals surface area contributed by atoms with Crippen molar-refractivity contribution in [3.63, 3.8) is 0 Å².